The van der Waals surface area contributed by atoms with Gasteiger partial charge in [0.1, 0.15) is 0 Å². The van der Waals surface area contributed by atoms with E-state index in [0.29, 0.717) is 0 Å². The summed E-state index contributed by atoms with van der Waals surface area (Å²) in [6.45, 7) is 1.55. The average molecular weight is 185 g/mol. The fraction of sp³-hybridized carbons (Fsp3) is 0.500. The zero-order valence-corrected chi connectivity index (χ0v) is 7.71. The van der Waals surface area contributed by atoms with Gasteiger partial charge in [-0.3, -0.25) is 5.32 Å². The zero-order chi connectivity index (χ0) is 10.3. The number of rotatable bonds is 2. The Balaban J connectivity index is 4.32. The van der Waals surface area contributed by atoms with Crippen molar-refractivity contribution >= 4 is 12.1 Å². The van der Waals surface area contributed by atoms with Crippen LogP contribution in [0.25, 0.3) is 0 Å². The van der Waals surface area contributed by atoms with Gasteiger partial charge in [0.25, 0.3) is 0 Å². The standard InChI is InChI=1S/C8H11NO4/c1-4-5-6(7(10)12-2)9-8(11)13-3/h6H,1-3H3,(H,9,11). The van der Waals surface area contributed by atoms with Gasteiger partial charge in [-0.05, 0) is 6.92 Å². The summed E-state index contributed by atoms with van der Waals surface area (Å²) in [5, 5.41) is 2.21. The van der Waals surface area contributed by atoms with E-state index in [4.69, 9.17) is 0 Å². The molecule has 1 unspecified atom stereocenters. The molecule has 0 fully saturated rings. The molecule has 1 atom stereocenters. The second-order valence-electron chi connectivity index (χ2n) is 1.99. The van der Waals surface area contributed by atoms with E-state index in [1.54, 1.807) is 6.92 Å². The number of methoxy groups -OCH3 is 2. The first kappa shape index (κ1) is 11.3. The first-order valence-electron chi connectivity index (χ1n) is 3.50. The van der Waals surface area contributed by atoms with E-state index >= 15 is 0 Å². The van der Waals surface area contributed by atoms with Crippen molar-refractivity contribution in [1.29, 1.82) is 0 Å². The first-order valence-corrected chi connectivity index (χ1v) is 3.50. The SMILES string of the molecule is CC#CC(NC(=O)OC)C(=O)OC. The highest BCUT2D eigenvalue weighted by atomic mass is 16.5. The van der Waals surface area contributed by atoms with E-state index in [9.17, 15) is 9.59 Å². The molecule has 0 radical (unpaired) electrons. The van der Waals surface area contributed by atoms with Crippen LogP contribution in [0.15, 0.2) is 0 Å². The second kappa shape index (κ2) is 5.89. The molecule has 0 aliphatic rings. The zero-order valence-electron chi connectivity index (χ0n) is 7.71. The van der Waals surface area contributed by atoms with E-state index in [0.717, 1.165) is 0 Å². The number of nitrogens with one attached hydrogen (secondary N) is 1. The minimum absolute atomic E-state index is 0.625. The van der Waals surface area contributed by atoms with Crippen LogP contribution in [0.4, 0.5) is 4.79 Å². The van der Waals surface area contributed by atoms with E-state index in [-0.39, 0.29) is 0 Å². The summed E-state index contributed by atoms with van der Waals surface area (Å²) in [7, 11) is 2.41. The highest BCUT2D eigenvalue weighted by Crippen LogP contribution is 1.87. The van der Waals surface area contributed by atoms with Gasteiger partial charge in [0.2, 0.25) is 0 Å². The quantitative estimate of drug-likeness (QED) is 0.482. The van der Waals surface area contributed by atoms with E-state index in [2.05, 4.69) is 26.6 Å². The molecule has 0 aromatic carbocycles. The number of ether oxygens (including phenoxy) is 2. The molecule has 0 aromatic heterocycles. The Morgan fingerprint density at radius 2 is 1.92 bits per heavy atom. The van der Waals surface area contributed by atoms with Crippen LogP contribution < -0.4 is 5.32 Å². The third-order valence-electron chi connectivity index (χ3n) is 1.17. The van der Waals surface area contributed by atoms with Gasteiger partial charge in [0, 0.05) is 0 Å². The maximum atomic E-state index is 11.0. The summed E-state index contributed by atoms with van der Waals surface area (Å²) < 4.78 is 8.69. The number of amides is 1. The molecule has 0 heterocycles. The fourth-order valence-corrected chi connectivity index (χ4v) is 0.593. The molecule has 5 nitrogen and oxygen atoms in total. The molecule has 5 heteroatoms. The number of hydrogen-bond donors (Lipinski definition) is 1. The van der Waals surface area contributed by atoms with Crippen molar-refractivity contribution in [2.45, 2.75) is 13.0 Å². The molecule has 0 aromatic rings. The Labute approximate surface area is 76.4 Å². The van der Waals surface area contributed by atoms with Crippen molar-refractivity contribution in [3.63, 3.8) is 0 Å². The van der Waals surface area contributed by atoms with Gasteiger partial charge < -0.3 is 9.47 Å². The smallest absolute Gasteiger partial charge is 0.408 e. The molecule has 1 N–H and O–H groups in total. The Morgan fingerprint density at radius 1 is 1.31 bits per heavy atom. The fourth-order valence-electron chi connectivity index (χ4n) is 0.593. The van der Waals surface area contributed by atoms with Crippen LogP contribution >= 0.6 is 0 Å². The van der Waals surface area contributed by atoms with Crippen LogP contribution in [0.1, 0.15) is 6.92 Å². The molecule has 0 saturated heterocycles. The summed E-state index contributed by atoms with van der Waals surface area (Å²) in [6.07, 6.45) is -0.724. The molecule has 0 saturated carbocycles. The van der Waals surface area contributed by atoms with Crippen LogP contribution in [0.2, 0.25) is 0 Å². The van der Waals surface area contributed by atoms with Gasteiger partial charge in [-0.25, -0.2) is 9.59 Å². The van der Waals surface area contributed by atoms with Crippen molar-refractivity contribution < 1.29 is 19.1 Å². The Kier molecular flexibility index (Phi) is 5.12. The summed E-state index contributed by atoms with van der Waals surface area (Å²) in [6, 6.07) is -0.970. The Hall–Kier alpha value is -1.70. The van der Waals surface area contributed by atoms with Crippen molar-refractivity contribution in [1.82, 2.24) is 5.32 Å². The Bertz CT molecular complexity index is 251. The third kappa shape index (κ3) is 4.01. The van der Waals surface area contributed by atoms with Gasteiger partial charge in [0.15, 0.2) is 6.04 Å². The van der Waals surface area contributed by atoms with Crippen LogP contribution in [0.3, 0.4) is 0 Å². The van der Waals surface area contributed by atoms with E-state index in [1.165, 1.54) is 14.2 Å². The van der Waals surface area contributed by atoms with Crippen LogP contribution in [-0.2, 0) is 14.3 Å². The summed E-state index contributed by atoms with van der Waals surface area (Å²) in [5.74, 6) is 4.33. The van der Waals surface area contributed by atoms with Crippen molar-refractivity contribution in [2.75, 3.05) is 14.2 Å². The van der Waals surface area contributed by atoms with Crippen molar-refractivity contribution in [3.05, 3.63) is 0 Å². The van der Waals surface area contributed by atoms with Gasteiger partial charge >= 0.3 is 12.1 Å². The molecule has 0 spiro atoms. The molecule has 1 amide bonds. The molecule has 13 heavy (non-hydrogen) atoms. The lowest BCUT2D eigenvalue weighted by Gasteiger charge is -2.08. The lowest BCUT2D eigenvalue weighted by Crippen LogP contribution is -2.40. The van der Waals surface area contributed by atoms with E-state index in [1.807, 2.05) is 0 Å². The number of alkyl carbamates (subject to hydrolysis) is 1. The molecule has 0 rings (SSSR count). The van der Waals surface area contributed by atoms with Crippen LogP contribution in [-0.4, -0.2) is 32.3 Å². The second-order valence-corrected chi connectivity index (χ2v) is 1.99. The molecule has 0 bridgehead atoms. The predicted octanol–water partition coefficient (Wildman–Crippen LogP) is -0.0927. The number of carbonyl (C=O) groups is 2. The topological polar surface area (TPSA) is 64.6 Å². The lowest BCUT2D eigenvalue weighted by atomic mass is 10.3. The molecule has 72 valence electrons. The molecule has 0 aliphatic heterocycles. The Morgan fingerprint density at radius 3 is 2.31 bits per heavy atom. The van der Waals surface area contributed by atoms with Crippen LogP contribution in [0, 0.1) is 11.8 Å². The highest BCUT2D eigenvalue weighted by Gasteiger charge is 2.18. The minimum atomic E-state index is -0.970. The molecular weight excluding hydrogens is 174 g/mol. The van der Waals surface area contributed by atoms with Crippen molar-refractivity contribution in [2.24, 2.45) is 0 Å². The third-order valence-corrected chi connectivity index (χ3v) is 1.17. The minimum Gasteiger partial charge on any atom is -0.467 e. The molecule has 0 aliphatic carbocycles. The maximum absolute atomic E-state index is 11.0. The summed E-state index contributed by atoms with van der Waals surface area (Å²) in [5.41, 5.74) is 0. The summed E-state index contributed by atoms with van der Waals surface area (Å²) in [4.78, 5) is 21.7. The average Bonchev–Trinajstić information content (AvgIpc) is 2.15. The maximum Gasteiger partial charge on any atom is 0.408 e. The monoisotopic (exact) mass is 185 g/mol. The predicted molar refractivity (Wildman–Crippen MR) is 44.8 cm³/mol. The highest BCUT2D eigenvalue weighted by molar-refractivity contribution is 5.84. The summed E-state index contributed by atoms with van der Waals surface area (Å²) >= 11 is 0. The van der Waals surface area contributed by atoms with Gasteiger partial charge in [0.05, 0.1) is 14.2 Å². The van der Waals surface area contributed by atoms with Crippen molar-refractivity contribution in [3.8, 4) is 11.8 Å². The number of hydrogen-bond acceptors (Lipinski definition) is 4. The number of esters is 1. The van der Waals surface area contributed by atoms with Gasteiger partial charge in [-0.1, -0.05) is 5.92 Å². The number of carbonyl (C=O) groups excluding carboxylic acids is 2. The van der Waals surface area contributed by atoms with Gasteiger partial charge in [-0.2, -0.15) is 0 Å². The first-order chi connectivity index (χ1) is 6.15. The van der Waals surface area contributed by atoms with Gasteiger partial charge in [-0.15, -0.1) is 5.92 Å². The van der Waals surface area contributed by atoms with E-state index < -0.39 is 18.1 Å². The normalized spacial score (nSPS) is 10.4. The van der Waals surface area contributed by atoms with Crippen LogP contribution in [0.5, 0.6) is 0 Å². The molecular formula is C8H11NO4. The lowest BCUT2D eigenvalue weighted by molar-refractivity contribution is -0.141. The largest absolute Gasteiger partial charge is 0.467 e.